The smallest absolute Gasteiger partial charge is 0.320 e. The van der Waals surface area contributed by atoms with E-state index in [1.54, 1.807) is 16.9 Å². The normalized spacial score (nSPS) is 16.0. The topological polar surface area (TPSA) is 101 Å². The van der Waals surface area contributed by atoms with Gasteiger partial charge in [0.2, 0.25) is 10.0 Å². The number of halogens is 4. The number of fused-ring (bicyclic) bond motifs is 1. The van der Waals surface area contributed by atoms with Crippen molar-refractivity contribution in [3.63, 3.8) is 0 Å². The zero-order chi connectivity index (χ0) is 23.3. The molecule has 0 amide bonds. The minimum absolute atomic E-state index is 0.0834. The fourth-order valence-electron chi connectivity index (χ4n) is 3.57. The van der Waals surface area contributed by atoms with Crippen molar-refractivity contribution in [1.29, 1.82) is 5.26 Å². The van der Waals surface area contributed by atoms with E-state index >= 15 is 0 Å². The Morgan fingerprint density at radius 3 is 2.53 bits per heavy atom. The lowest BCUT2D eigenvalue weighted by Crippen LogP contribution is -2.42. The number of nitrogens with zero attached hydrogens (tertiary/aromatic N) is 4. The monoisotopic (exact) mass is 483 g/mol. The summed E-state index contributed by atoms with van der Waals surface area (Å²) in [6.07, 6.45) is -0.978. The first kappa shape index (κ1) is 22.5. The Bertz CT molecular complexity index is 1330. The van der Waals surface area contributed by atoms with E-state index in [4.69, 9.17) is 11.6 Å². The number of alkyl halides is 3. The summed E-state index contributed by atoms with van der Waals surface area (Å²) in [6.45, 7) is 0.716. The minimum atomic E-state index is -4.72. The summed E-state index contributed by atoms with van der Waals surface area (Å²) in [5, 5.41) is 10.7. The number of aromatic nitrogens is 3. The second-order valence-electron chi connectivity index (χ2n) is 7.56. The molecule has 0 aliphatic heterocycles. The summed E-state index contributed by atoms with van der Waals surface area (Å²) in [5.41, 5.74) is 1.64. The van der Waals surface area contributed by atoms with Crippen LogP contribution in [0.25, 0.3) is 22.4 Å². The molecule has 0 spiro atoms. The van der Waals surface area contributed by atoms with Gasteiger partial charge in [0.1, 0.15) is 27.8 Å². The van der Waals surface area contributed by atoms with Gasteiger partial charge in [-0.15, -0.1) is 0 Å². The van der Waals surface area contributed by atoms with E-state index in [0.29, 0.717) is 34.9 Å². The van der Waals surface area contributed by atoms with Crippen molar-refractivity contribution in [2.75, 3.05) is 0 Å². The van der Waals surface area contributed by atoms with Gasteiger partial charge >= 0.3 is 6.18 Å². The Morgan fingerprint density at radius 1 is 1.28 bits per heavy atom. The van der Waals surface area contributed by atoms with Crippen LogP contribution in [-0.2, 0) is 10.0 Å². The molecule has 1 fully saturated rings. The van der Waals surface area contributed by atoms with Crippen LogP contribution in [-0.4, -0.2) is 35.2 Å². The van der Waals surface area contributed by atoms with Crippen molar-refractivity contribution in [2.24, 2.45) is 0 Å². The van der Waals surface area contributed by atoms with E-state index < -0.39 is 27.1 Å². The molecule has 32 heavy (non-hydrogen) atoms. The molecular weight excluding hydrogens is 467 g/mol. The van der Waals surface area contributed by atoms with Crippen LogP contribution in [0, 0.1) is 11.3 Å². The fourth-order valence-corrected chi connectivity index (χ4v) is 4.89. The molecule has 0 aromatic carbocycles. The maximum absolute atomic E-state index is 12.8. The SMILES string of the molecule is C[C@@H](NS(=O)(=O)c1ccc(-c2c(C#N)c3ccc(Cl)nc3n2C2CCC2)nc1)C(F)(F)F. The highest BCUT2D eigenvalue weighted by Crippen LogP contribution is 2.41. The number of hydrogen-bond acceptors (Lipinski definition) is 5. The highest BCUT2D eigenvalue weighted by atomic mass is 35.5. The third-order valence-corrected chi connectivity index (χ3v) is 7.22. The third kappa shape index (κ3) is 3.94. The van der Waals surface area contributed by atoms with E-state index in [0.717, 1.165) is 31.5 Å². The van der Waals surface area contributed by atoms with E-state index in [-0.39, 0.29) is 11.2 Å². The zero-order valence-electron chi connectivity index (χ0n) is 16.7. The molecule has 3 aromatic heterocycles. The van der Waals surface area contributed by atoms with Crippen LogP contribution >= 0.6 is 11.6 Å². The summed E-state index contributed by atoms with van der Waals surface area (Å²) >= 11 is 6.08. The van der Waals surface area contributed by atoms with Crippen molar-refractivity contribution in [3.05, 3.63) is 41.2 Å². The standard InChI is InChI=1S/C20H17ClF3N5O2S/c1-11(20(22,23)24)28-32(30,31)13-5-7-16(26-10-13)18-15(9-25)14-6-8-17(21)27-19(14)29(18)12-3-2-4-12/h5-8,10-12,28H,2-4H2,1H3/t11-/m1/s1. The predicted octanol–water partition coefficient (Wildman–Crippen LogP) is 4.58. The molecule has 3 heterocycles. The van der Waals surface area contributed by atoms with E-state index in [1.807, 2.05) is 4.57 Å². The molecule has 7 nitrogen and oxygen atoms in total. The van der Waals surface area contributed by atoms with Crippen LogP contribution in [0.3, 0.4) is 0 Å². The highest BCUT2D eigenvalue weighted by molar-refractivity contribution is 7.89. The average Bonchev–Trinajstić information content (AvgIpc) is 2.99. The number of pyridine rings is 2. The van der Waals surface area contributed by atoms with Crippen molar-refractivity contribution < 1.29 is 21.6 Å². The molecule has 0 unspecified atom stereocenters. The maximum atomic E-state index is 12.8. The van der Waals surface area contributed by atoms with Gasteiger partial charge in [-0.05, 0) is 50.5 Å². The van der Waals surface area contributed by atoms with Crippen molar-refractivity contribution in [2.45, 2.75) is 49.3 Å². The van der Waals surface area contributed by atoms with Crippen molar-refractivity contribution in [1.82, 2.24) is 19.3 Å². The van der Waals surface area contributed by atoms with Crippen molar-refractivity contribution in [3.8, 4) is 17.5 Å². The Labute approximate surface area is 186 Å². The summed E-state index contributed by atoms with van der Waals surface area (Å²) < 4.78 is 66.4. The first-order valence-corrected chi connectivity index (χ1v) is 11.5. The van der Waals surface area contributed by atoms with Gasteiger partial charge in [-0.1, -0.05) is 11.6 Å². The van der Waals surface area contributed by atoms with Crippen LogP contribution in [0.15, 0.2) is 35.4 Å². The second kappa shape index (κ2) is 8.03. The molecule has 168 valence electrons. The lowest BCUT2D eigenvalue weighted by Gasteiger charge is -2.29. The van der Waals surface area contributed by atoms with Gasteiger partial charge in [-0.2, -0.15) is 23.2 Å². The van der Waals surface area contributed by atoms with Crippen LogP contribution < -0.4 is 4.72 Å². The van der Waals surface area contributed by atoms with Crippen LogP contribution in [0.2, 0.25) is 5.15 Å². The molecule has 1 atom stereocenters. The average molecular weight is 484 g/mol. The fraction of sp³-hybridized carbons (Fsp3) is 0.350. The molecule has 3 aromatic rings. The molecule has 1 N–H and O–H groups in total. The number of sulfonamides is 1. The van der Waals surface area contributed by atoms with Crippen LogP contribution in [0.1, 0.15) is 37.8 Å². The molecule has 4 rings (SSSR count). The Hall–Kier alpha value is -2.68. The Kier molecular flexibility index (Phi) is 5.65. The molecule has 1 saturated carbocycles. The lowest BCUT2D eigenvalue weighted by atomic mass is 9.92. The molecule has 0 saturated heterocycles. The third-order valence-electron chi connectivity index (χ3n) is 5.48. The van der Waals surface area contributed by atoms with Gasteiger partial charge in [0, 0.05) is 17.6 Å². The molecule has 12 heteroatoms. The van der Waals surface area contributed by atoms with Crippen LogP contribution in [0.4, 0.5) is 13.2 Å². The zero-order valence-corrected chi connectivity index (χ0v) is 18.3. The Morgan fingerprint density at radius 2 is 2.00 bits per heavy atom. The maximum Gasteiger partial charge on any atom is 0.404 e. The van der Waals surface area contributed by atoms with Gasteiger partial charge < -0.3 is 4.57 Å². The summed E-state index contributed by atoms with van der Waals surface area (Å²) in [6, 6.07) is 5.81. The lowest BCUT2D eigenvalue weighted by molar-refractivity contribution is -0.147. The molecule has 1 aliphatic carbocycles. The van der Waals surface area contributed by atoms with Gasteiger partial charge in [0.05, 0.1) is 17.0 Å². The van der Waals surface area contributed by atoms with Gasteiger partial charge in [0.25, 0.3) is 0 Å². The van der Waals surface area contributed by atoms with Gasteiger partial charge in [-0.3, -0.25) is 4.98 Å². The predicted molar refractivity (Wildman–Crippen MR) is 111 cm³/mol. The molecule has 0 bridgehead atoms. The highest BCUT2D eigenvalue weighted by Gasteiger charge is 2.39. The number of nitriles is 1. The second-order valence-corrected chi connectivity index (χ2v) is 9.66. The van der Waals surface area contributed by atoms with E-state index in [1.165, 1.54) is 6.07 Å². The number of hydrogen-bond donors (Lipinski definition) is 1. The van der Waals surface area contributed by atoms with E-state index in [2.05, 4.69) is 16.0 Å². The summed E-state index contributed by atoms with van der Waals surface area (Å²) in [7, 11) is -4.44. The molecular formula is C20H17ClF3N5O2S. The number of rotatable bonds is 5. The van der Waals surface area contributed by atoms with Gasteiger partial charge in [-0.25, -0.2) is 13.4 Å². The van der Waals surface area contributed by atoms with Gasteiger partial charge in [0.15, 0.2) is 0 Å². The van der Waals surface area contributed by atoms with E-state index in [9.17, 15) is 26.9 Å². The molecule has 0 radical (unpaired) electrons. The summed E-state index contributed by atoms with van der Waals surface area (Å²) in [5.74, 6) is 0. The van der Waals surface area contributed by atoms with Crippen LogP contribution in [0.5, 0.6) is 0 Å². The quantitative estimate of drug-likeness (QED) is 0.535. The largest absolute Gasteiger partial charge is 0.404 e. The number of nitrogens with one attached hydrogen (secondary N) is 1. The Balaban J connectivity index is 1.80. The first-order chi connectivity index (χ1) is 15.0. The summed E-state index contributed by atoms with van der Waals surface area (Å²) in [4.78, 5) is 8.15. The minimum Gasteiger partial charge on any atom is -0.320 e. The molecule has 1 aliphatic rings. The van der Waals surface area contributed by atoms with Crippen molar-refractivity contribution >= 4 is 32.7 Å². The first-order valence-electron chi connectivity index (χ1n) is 9.69.